The molecule has 0 amide bonds. The van der Waals surface area contributed by atoms with Crippen molar-refractivity contribution < 1.29 is 4.79 Å². The topological polar surface area (TPSA) is 17.1 Å². The van der Waals surface area contributed by atoms with Crippen LogP contribution in [0.2, 0.25) is 0 Å². The van der Waals surface area contributed by atoms with Crippen LogP contribution < -0.4 is 0 Å². The highest BCUT2D eigenvalue weighted by molar-refractivity contribution is 5.86. The maximum absolute atomic E-state index is 10.5. The Hall–Kier alpha value is -0.330. The third-order valence-electron chi connectivity index (χ3n) is 2.30. The molecule has 43 valence electrons. The lowest BCUT2D eigenvalue weighted by molar-refractivity contribution is -0.135. The number of ketones is 1. The summed E-state index contributed by atoms with van der Waals surface area (Å²) in [5, 5.41) is 0. The van der Waals surface area contributed by atoms with E-state index in [9.17, 15) is 4.79 Å². The number of rotatable bonds is 0. The highest BCUT2D eigenvalue weighted by atomic mass is 16.1. The van der Waals surface area contributed by atoms with Gasteiger partial charge in [0.1, 0.15) is 5.78 Å². The van der Waals surface area contributed by atoms with Gasteiger partial charge in [-0.3, -0.25) is 4.79 Å². The molecule has 0 atom stereocenters. The third kappa shape index (κ3) is 0.396. The summed E-state index contributed by atoms with van der Waals surface area (Å²) in [5.41, 5.74) is 0.511. The highest BCUT2D eigenvalue weighted by Crippen LogP contribution is 2.53. The van der Waals surface area contributed by atoms with Gasteiger partial charge in [0.2, 0.25) is 0 Å². The van der Waals surface area contributed by atoms with Gasteiger partial charge < -0.3 is 0 Å². The Kier molecular flexibility index (Phi) is 0.651. The average molecular weight is 109 g/mol. The molecule has 2 aliphatic carbocycles. The minimum atomic E-state index is 0.470. The smallest absolute Gasteiger partial charge is 0.134 e. The largest absolute Gasteiger partial charge is 0.300 e. The van der Waals surface area contributed by atoms with E-state index in [1.807, 2.05) is 0 Å². The van der Waals surface area contributed by atoms with Gasteiger partial charge in [-0.25, -0.2) is 0 Å². The predicted molar refractivity (Wildman–Crippen MR) is 30.2 cm³/mol. The van der Waals surface area contributed by atoms with Gasteiger partial charge in [0.15, 0.2) is 0 Å². The molecular formula is C7H9O. The molecule has 8 heavy (non-hydrogen) atoms. The fraction of sp³-hybridized carbons (Fsp3) is 0.714. The maximum atomic E-state index is 10.5. The number of hydrogen-bond donors (Lipinski definition) is 0. The van der Waals surface area contributed by atoms with Gasteiger partial charge in [0.25, 0.3) is 0 Å². The van der Waals surface area contributed by atoms with E-state index in [0.29, 0.717) is 11.2 Å². The Balaban J connectivity index is 2.01. The van der Waals surface area contributed by atoms with E-state index in [4.69, 9.17) is 0 Å². The molecule has 0 aliphatic heterocycles. The lowest BCUT2D eigenvalue weighted by Gasteiger charge is -2.47. The van der Waals surface area contributed by atoms with Crippen molar-refractivity contribution in [3.8, 4) is 0 Å². The zero-order valence-electron chi connectivity index (χ0n) is 4.81. The molecule has 0 aromatic carbocycles. The van der Waals surface area contributed by atoms with E-state index in [1.165, 1.54) is 12.8 Å². The minimum Gasteiger partial charge on any atom is -0.300 e. The zero-order valence-corrected chi connectivity index (χ0v) is 4.81. The normalized spacial score (nSPS) is 31.8. The van der Waals surface area contributed by atoms with Gasteiger partial charge in [0.05, 0.1) is 0 Å². The summed E-state index contributed by atoms with van der Waals surface area (Å²) in [6.45, 7) is 0. The van der Waals surface area contributed by atoms with E-state index in [2.05, 4.69) is 6.42 Å². The van der Waals surface area contributed by atoms with Gasteiger partial charge in [-0.05, 0) is 24.7 Å². The molecule has 0 heterocycles. The van der Waals surface area contributed by atoms with Crippen LogP contribution >= 0.6 is 0 Å². The molecule has 2 fully saturated rings. The molecule has 2 aliphatic rings. The summed E-state index contributed by atoms with van der Waals surface area (Å²) in [5.74, 6) is 0.470. The fourth-order valence-electron chi connectivity index (χ4n) is 1.63. The van der Waals surface area contributed by atoms with E-state index in [1.54, 1.807) is 0 Å². The number of carbonyl (C=O) groups excluding carboxylic acids is 1. The molecular weight excluding hydrogens is 100 g/mol. The van der Waals surface area contributed by atoms with Crippen LogP contribution in [0.4, 0.5) is 0 Å². The van der Waals surface area contributed by atoms with Crippen LogP contribution in [0, 0.1) is 11.8 Å². The molecule has 2 saturated carbocycles. The second-order valence-corrected chi connectivity index (χ2v) is 3.09. The predicted octanol–water partition coefficient (Wildman–Crippen LogP) is 1.33. The molecule has 0 aromatic rings. The summed E-state index contributed by atoms with van der Waals surface area (Å²) >= 11 is 0. The van der Waals surface area contributed by atoms with Crippen LogP contribution in [-0.4, -0.2) is 5.78 Å². The Morgan fingerprint density at radius 1 is 1.38 bits per heavy atom. The minimum absolute atomic E-state index is 0.470. The summed E-state index contributed by atoms with van der Waals surface area (Å²) < 4.78 is 0. The third-order valence-corrected chi connectivity index (χ3v) is 2.30. The quantitative estimate of drug-likeness (QED) is 0.458. The van der Waals surface area contributed by atoms with Crippen molar-refractivity contribution in [2.24, 2.45) is 5.41 Å². The summed E-state index contributed by atoms with van der Waals surface area (Å²) in [6, 6.07) is 0. The number of carbonyl (C=O) groups is 1. The van der Waals surface area contributed by atoms with Crippen molar-refractivity contribution in [3.63, 3.8) is 0 Å². The molecule has 0 bridgehead atoms. The second-order valence-electron chi connectivity index (χ2n) is 3.09. The van der Waals surface area contributed by atoms with Gasteiger partial charge in [-0.1, -0.05) is 0 Å². The molecule has 1 spiro atoms. The number of Topliss-reactive ketones (excluding diaryl/α,β-unsaturated/α-hetero) is 1. The van der Waals surface area contributed by atoms with Crippen molar-refractivity contribution in [2.45, 2.75) is 25.7 Å². The van der Waals surface area contributed by atoms with Crippen LogP contribution in [-0.2, 0) is 4.79 Å². The van der Waals surface area contributed by atoms with Crippen molar-refractivity contribution >= 4 is 5.78 Å². The lowest BCUT2D eigenvalue weighted by atomic mass is 9.56. The molecule has 1 heteroatoms. The van der Waals surface area contributed by atoms with Crippen LogP contribution in [0.15, 0.2) is 0 Å². The Morgan fingerprint density at radius 2 is 2.00 bits per heavy atom. The van der Waals surface area contributed by atoms with E-state index < -0.39 is 0 Å². The van der Waals surface area contributed by atoms with E-state index in [-0.39, 0.29) is 0 Å². The number of hydrogen-bond acceptors (Lipinski definition) is 1. The molecule has 0 aromatic heterocycles. The lowest BCUT2D eigenvalue weighted by Crippen LogP contribution is -2.43. The first-order valence-corrected chi connectivity index (χ1v) is 3.14. The van der Waals surface area contributed by atoms with Crippen molar-refractivity contribution in [3.05, 3.63) is 6.42 Å². The monoisotopic (exact) mass is 109 g/mol. The second kappa shape index (κ2) is 1.15. The van der Waals surface area contributed by atoms with Gasteiger partial charge in [0, 0.05) is 12.8 Å². The standard InChI is InChI=1S/C7H9O/c8-6-4-7(5-6)2-1-3-7/h1H,2-5H2. The Morgan fingerprint density at radius 3 is 2.12 bits per heavy atom. The Labute approximate surface area is 49.1 Å². The maximum Gasteiger partial charge on any atom is 0.134 e. The molecule has 1 nitrogen and oxygen atoms in total. The van der Waals surface area contributed by atoms with Crippen LogP contribution in [0.5, 0.6) is 0 Å². The molecule has 1 radical (unpaired) electrons. The summed E-state index contributed by atoms with van der Waals surface area (Å²) in [6.07, 6.45) is 6.44. The zero-order chi connectivity index (χ0) is 5.61. The molecule has 2 rings (SSSR count). The van der Waals surface area contributed by atoms with Crippen molar-refractivity contribution in [2.75, 3.05) is 0 Å². The molecule has 0 saturated heterocycles. The van der Waals surface area contributed by atoms with Crippen LogP contribution in [0.3, 0.4) is 0 Å². The fourth-order valence-corrected chi connectivity index (χ4v) is 1.63. The summed E-state index contributed by atoms with van der Waals surface area (Å²) in [7, 11) is 0. The highest BCUT2D eigenvalue weighted by Gasteiger charge is 2.47. The molecule has 0 unspecified atom stereocenters. The van der Waals surface area contributed by atoms with Gasteiger partial charge >= 0.3 is 0 Å². The van der Waals surface area contributed by atoms with E-state index >= 15 is 0 Å². The first-order valence-electron chi connectivity index (χ1n) is 3.14. The van der Waals surface area contributed by atoms with Crippen molar-refractivity contribution in [1.82, 2.24) is 0 Å². The first kappa shape index (κ1) is 4.54. The SMILES string of the molecule is O=C1CC2(C[CH]C2)C1. The van der Waals surface area contributed by atoms with Crippen LogP contribution in [0.1, 0.15) is 25.7 Å². The summed E-state index contributed by atoms with van der Waals surface area (Å²) in [4.78, 5) is 10.5. The first-order chi connectivity index (χ1) is 3.81. The van der Waals surface area contributed by atoms with E-state index in [0.717, 1.165) is 12.8 Å². The molecule has 0 N–H and O–H groups in total. The van der Waals surface area contributed by atoms with Gasteiger partial charge in [-0.2, -0.15) is 0 Å². The van der Waals surface area contributed by atoms with Crippen LogP contribution in [0.25, 0.3) is 0 Å². The average Bonchev–Trinajstić information content (AvgIpc) is 1.51. The van der Waals surface area contributed by atoms with Crippen molar-refractivity contribution in [1.29, 1.82) is 0 Å². The van der Waals surface area contributed by atoms with Gasteiger partial charge in [-0.15, -0.1) is 0 Å². The Bertz CT molecular complexity index is 123.